The molecule has 0 radical (unpaired) electrons. The molecule has 7 heteroatoms. The molecule has 1 amide bonds. The molecule has 0 spiro atoms. The van der Waals surface area contributed by atoms with E-state index in [1.807, 2.05) is 12.1 Å². The number of likely N-dealkylation sites (tertiary alicyclic amines) is 1. The van der Waals surface area contributed by atoms with E-state index in [-0.39, 0.29) is 19.1 Å². The number of carbonyl (C=O) groups excluding carboxylic acids is 1. The van der Waals surface area contributed by atoms with Crippen molar-refractivity contribution < 1.29 is 14.6 Å². The first-order valence-electron chi connectivity index (χ1n) is 8.75. The topological polar surface area (TPSA) is 91.3 Å². The third-order valence-electron chi connectivity index (χ3n) is 5.15. The second-order valence-corrected chi connectivity index (χ2v) is 6.88. The molecule has 2 aromatic rings. The fourth-order valence-corrected chi connectivity index (χ4v) is 3.76. The quantitative estimate of drug-likeness (QED) is 0.871. The second kappa shape index (κ2) is 6.48. The van der Waals surface area contributed by atoms with Gasteiger partial charge in [0.05, 0.1) is 12.7 Å². The summed E-state index contributed by atoms with van der Waals surface area (Å²) in [6, 6.07) is 6.06. The summed E-state index contributed by atoms with van der Waals surface area (Å²) in [6.45, 7) is 0.812. The maximum absolute atomic E-state index is 12.5. The first-order valence-corrected chi connectivity index (χ1v) is 8.75. The molecule has 25 heavy (non-hydrogen) atoms. The van der Waals surface area contributed by atoms with Crippen LogP contribution in [0, 0.1) is 0 Å². The third-order valence-corrected chi connectivity index (χ3v) is 5.15. The average Bonchev–Trinajstić information content (AvgIpc) is 3.31. The van der Waals surface area contributed by atoms with Gasteiger partial charge in [-0.05, 0) is 55.4 Å². The summed E-state index contributed by atoms with van der Waals surface area (Å²) in [5.74, 6) is 0.611. The Morgan fingerprint density at radius 3 is 3.04 bits per heavy atom. The van der Waals surface area contributed by atoms with Gasteiger partial charge in [0.2, 0.25) is 0 Å². The number of aliphatic hydroxyl groups is 1. The van der Waals surface area contributed by atoms with Crippen LogP contribution in [0.1, 0.15) is 36.1 Å². The van der Waals surface area contributed by atoms with Gasteiger partial charge in [-0.3, -0.25) is 4.79 Å². The summed E-state index contributed by atoms with van der Waals surface area (Å²) in [4.78, 5) is 14.2. The summed E-state index contributed by atoms with van der Waals surface area (Å²) in [5, 5.41) is 21.0. The highest BCUT2D eigenvalue weighted by molar-refractivity contribution is 5.78. The number of aryl methyl sites for hydroxylation is 2. The van der Waals surface area contributed by atoms with E-state index in [1.165, 1.54) is 23.7 Å². The number of benzene rings is 1. The Bertz CT molecular complexity index is 762. The third kappa shape index (κ3) is 3.24. The van der Waals surface area contributed by atoms with Crippen molar-refractivity contribution in [1.82, 2.24) is 20.3 Å². The molecule has 132 valence electrons. The van der Waals surface area contributed by atoms with E-state index in [1.54, 1.807) is 4.90 Å². The van der Waals surface area contributed by atoms with Gasteiger partial charge in [-0.25, -0.2) is 0 Å². The summed E-state index contributed by atoms with van der Waals surface area (Å²) in [7, 11) is 0. The number of hydrogen-bond acceptors (Lipinski definition) is 5. The number of amides is 1. The zero-order valence-electron chi connectivity index (χ0n) is 14.1. The summed E-state index contributed by atoms with van der Waals surface area (Å²) < 4.78 is 5.70. The van der Waals surface area contributed by atoms with Crippen LogP contribution in [0.5, 0.6) is 5.75 Å². The second-order valence-electron chi connectivity index (χ2n) is 6.88. The van der Waals surface area contributed by atoms with Crippen molar-refractivity contribution in [3.8, 4) is 5.75 Å². The predicted molar refractivity (Wildman–Crippen MR) is 90.1 cm³/mol. The number of aromatic nitrogens is 3. The Labute approximate surface area is 146 Å². The zero-order chi connectivity index (χ0) is 17.3. The number of nitrogens with zero attached hydrogens (tertiary/aromatic N) is 3. The van der Waals surface area contributed by atoms with Crippen molar-refractivity contribution >= 4 is 5.91 Å². The molecule has 0 saturated carbocycles. The molecule has 7 nitrogen and oxygen atoms in total. The highest BCUT2D eigenvalue weighted by Gasteiger charge is 2.38. The number of hydrogen-bond donors (Lipinski definition) is 2. The zero-order valence-corrected chi connectivity index (χ0v) is 14.1. The fourth-order valence-electron chi connectivity index (χ4n) is 3.76. The van der Waals surface area contributed by atoms with Gasteiger partial charge in [0.1, 0.15) is 17.0 Å². The minimum atomic E-state index is -1.14. The van der Waals surface area contributed by atoms with E-state index in [0.29, 0.717) is 25.1 Å². The lowest BCUT2D eigenvalue weighted by Crippen LogP contribution is -2.50. The van der Waals surface area contributed by atoms with Crippen LogP contribution in [-0.4, -0.2) is 51.0 Å². The molecule has 1 aliphatic heterocycles. The molecular weight excluding hydrogens is 320 g/mol. The van der Waals surface area contributed by atoms with Crippen molar-refractivity contribution in [3.63, 3.8) is 0 Å². The summed E-state index contributed by atoms with van der Waals surface area (Å²) in [5.41, 5.74) is 2.04. The van der Waals surface area contributed by atoms with Gasteiger partial charge in [-0.2, -0.15) is 15.4 Å². The Morgan fingerprint density at radius 1 is 1.32 bits per heavy atom. The molecule has 1 atom stereocenters. The Morgan fingerprint density at radius 2 is 2.20 bits per heavy atom. The predicted octanol–water partition coefficient (Wildman–Crippen LogP) is 1.18. The van der Waals surface area contributed by atoms with E-state index in [0.717, 1.165) is 18.6 Å². The van der Waals surface area contributed by atoms with Crippen molar-refractivity contribution in [2.45, 2.75) is 37.7 Å². The lowest BCUT2D eigenvalue weighted by Gasteiger charge is -2.37. The normalized spacial score (nSPS) is 22.7. The summed E-state index contributed by atoms with van der Waals surface area (Å²) >= 11 is 0. The van der Waals surface area contributed by atoms with Crippen molar-refractivity contribution in [3.05, 3.63) is 41.2 Å². The van der Waals surface area contributed by atoms with E-state index < -0.39 is 5.60 Å². The average molecular weight is 342 g/mol. The van der Waals surface area contributed by atoms with Crippen molar-refractivity contribution in [2.24, 2.45) is 0 Å². The first-order chi connectivity index (χ1) is 12.1. The molecule has 1 aliphatic carbocycles. The minimum absolute atomic E-state index is 0.0202. The number of β-amino-alcohol motifs (C(OH)–C–C–N with tert-alkyl or cyclic N) is 1. The molecule has 4 rings (SSSR count). The molecule has 1 aromatic heterocycles. The van der Waals surface area contributed by atoms with Crippen LogP contribution in [0.25, 0.3) is 0 Å². The van der Waals surface area contributed by atoms with E-state index in [2.05, 4.69) is 21.5 Å². The highest BCUT2D eigenvalue weighted by atomic mass is 16.5. The Hall–Kier alpha value is -2.41. The molecular formula is C18H22N4O3. The number of rotatable bonds is 4. The molecule has 1 fully saturated rings. The van der Waals surface area contributed by atoms with Gasteiger partial charge in [0.15, 0.2) is 6.61 Å². The van der Waals surface area contributed by atoms with E-state index >= 15 is 0 Å². The number of aromatic amines is 1. The monoisotopic (exact) mass is 342 g/mol. The summed E-state index contributed by atoms with van der Waals surface area (Å²) in [6.07, 6.45) is 6.18. The fraction of sp³-hybridized carbons (Fsp3) is 0.500. The number of fused-ring (bicyclic) bond motifs is 1. The van der Waals surface area contributed by atoms with Crippen LogP contribution in [0.2, 0.25) is 0 Å². The SMILES string of the molecule is O=C(COc1ccc2c(c1)CCC2)N1CCC[C@](O)(c2cn[nH]n2)C1. The van der Waals surface area contributed by atoms with Gasteiger partial charge >= 0.3 is 0 Å². The largest absolute Gasteiger partial charge is 0.484 e. The van der Waals surface area contributed by atoms with Gasteiger partial charge in [0, 0.05) is 6.54 Å². The molecule has 1 aromatic carbocycles. The minimum Gasteiger partial charge on any atom is -0.484 e. The molecule has 2 N–H and O–H groups in total. The Kier molecular flexibility index (Phi) is 4.17. The maximum Gasteiger partial charge on any atom is 0.260 e. The Balaban J connectivity index is 1.38. The van der Waals surface area contributed by atoms with Crippen molar-refractivity contribution in [2.75, 3.05) is 19.7 Å². The van der Waals surface area contributed by atoms with Crippen LogP contribution >= 0.6 is 0 Å². The van der Waals surface area contributed by atoms with Crippen molar-refractivity contribution in [1.29, 1.82) is 0 Å². The smallest absolute Gasteiger partial charge is 0.260 e. The van der Waals surface area contributed by atoms with Crippen LogP contribution < -0.4 is 4.74 Å². The number of H-pyrrole nitrogens is 1. The first kappa shape index (κ1) is 16.1. The van der Waals surface area contributed by atoms with Crippen LogP contribution in [-0.2, 0) is 23.2 Å². The lowest BCUT2D eigenvalue weighted by molar-refractivity contribution is -0.141. The number of carbonyl (C=O) groups is 1. The number of piperidine rings is 1. The number of nitrogens with one attached hydrogen (secondary N) is 1. The van der Waals surface area contributed by atoms with Crippen LogP contribution in [0.4, 0.5) is 0 Å². The van der Waals surface area contributed by atoms with Gasteiger partial charge in [-0.1, -0.05) is 6.07 Å². The van der Waals surface area contributed by atoms with Gasteiger partial charge in [-0.15, -0.1) is 0 Å². The lowest BCUT2D eigenvalue weighted by atomic mass is 9.90. The molecule has 0 unspecified atom stereocenters. The highest BCUT2D eigenvalue weighted by Crippen LogP contribution is 2.30. The van der Waals surface area contributed by atoms with Gasteiger partial charge in [0.25, 0.3) is 5.91 Å². The van der Waals surface area contributed by atoms with Gasteiger partial charge < -0.3 is 14.7 Å². The molecule has 2 heterocycles. The molecule has 0 bridgehead atoms. The van der Waals surface area contributed by atoms with E-state index in [4.69, 9.17) is 4.74 Å². The van der Waals surface area contributed by atoms with E-state index in [9.17, 15) is 9.90 Å². The molecule has 2 aliphatic rings. The van der Waals surface area contributed by atoms with Crippen LogP contribution in [0.3, 0.4) is 0 Å². The van der Waals surface area contributed by atoms with Crippen LogP contribution in [0.15, 0.2) is 24.4 Å². The molecule has 1 saturated heterocycles. The maximum atomic E-state index is 12.5. The standard InChI is InChI=1S/C18H22N4O3/c23-17(11-25-15-6-5-13-3-1-4-14(13)9-15)22-8-2-7-18(24,12-22)16-10-19-21-20-16/h5-6,9-10,24H,1-4,7-8,11-12H2,(H,19,20,21)/t18-/m1/s1. The number of ether oxygens (including phenoxy) is 1.